The molecule has 2 aromatic rings. The Morgan fingerprint density at radius 2 is 2.00 bits per heavy atom. The summed E-state index contributed by atoms with van der Waals surface area (Å²) in [5.41, 5.74) is 3.62. The van der Waals surface area contributed by atoms with Crippen LogP contribution in [0.15, 0.2) is 48.8 Å². The van der Waals surface area contributed by atoms with Crippen LogP contribution in [0.5, 0.6) is 0 Å². The van der Waals surface area contributed by atoms with E-state index in [-0.39, 0.29) is 5.41 Å². The lowest BCUT2D eigenvalue weighted by Gasteiger charge is -2.33. The highest BCUT2D eigenvalue weighted by Gasteiger charge is 2.44. The molecule has 2 unspecified atom stereocenters. The zero-order valence-electron chi connectivity index (χ0n) is 15.1. The Labute approximate surface area is 156 Å². The molecule has 5 nitrogen and oxygen atoms in total. The molecule has 2 aliphatic heterocycles. The maximum atomic E-state index is 12.4. The van der Waals surface area contributed by atoms with Crippen LogP contribution in [0.2, 0.25) is 0 Å². The van der Waals surface area contributed by atoms with Crippen LogP contribution in [0.1, 0.15) is 23.1 Å². The Morgan fingerprint density at radius 3 is 2.73 bits per heavy atom. The summed E-state index contributed by atoms with van der Waals surface area (Å²) in [7, 11) is -3.23. The van der Waals surface area contributed by atoms with Crippen LogP contribution in [0.25, 0.3) is 0 Å². The van der Waals surface area contributed by atoms with Gasteiger partial charge >= 0.3 is 0 Å². The van der Waals surface area contributed by atoms with Crippen molar-refractivity contribution < 1.29 is 8.76 Å². The predicted molar refractivity (Wildman–Crippen MR) is 102 cm³/mol. The van der Waals surface area contributed by atoms with E-state index in [1.807, 2.05) is 18.3 Å². The van der Waals surface area contributed by atoms with Crippen molar-refractivity contribution in [2.24, 2.45) is 5.41 Å². The van der Waals surface area contributed by atoms with Crippen molar-refractivity contribution in [1.82, 2.24) is 14.2 Å². The Bertz CT molecular complexity index is 823. The summed E-state index contributed by atoms with van der Waals surface area (Å²) in [6.07, 6.45) is 7.00. The number of hydrogen-bond donors (Lipinski definition) is 0. The third-order valence-corrected chi connectivity index (χ3v) is 6.85. The molecule has 1 saturated heterocycles. The molecule has 2 atom stereocenters. The smallest absolute Gasteiger partial charge is 0.122 e. The lowest BCUT2D eigenvalue weighted by atomic mass is 9.80. The van der Waals surface area contributed by atoms with E-state index in [9.17, 15) is 8.76 Å². The summed E-state index contributed by atoms with van der Waals surface area (Å²) < 4.78 is 26.4. The van der Waals surface area contributed by atoms with Crippen molar-refractivity contribution in [3.63, 3.8) is 0 Å². The second kappa shape index (κ2) is 6.85. The fraction of sp³-hybridized carbons (Fsp3) is 0.450. The van der Waals surface area contributed by atoms with E-state index >= 15 is 0 Å². The molecule has 0 aliphatic carbocycles. The summed E-state index contributed by atoms with van der Waals surface area (Å²) in [5, 5.41) is 0. The molecule has 3 heterocycles. The number of aromatic nitrogens is 1. The Balaban J connectivity index is 1.59. The van der Waals surface area contributed by atoms with Gasteiger partial charge < -0.3 is 4.55 Å². The van der Waals surface area contributed by atoms with E-state index in [1.54, 1.807) is 10.5 Å². The van der Waals surface area contributed by atoms with E-state index in [2.05, 4.69) is 34.1 Å². The van der Waals surface area contributed by atoms with Gasteiger partial charge in [0.05, 0.1) is 13.1 Å². The van der Waals surface area contributed by atoms with Crippen molar-refractivity contribution in [2.45, 2.75) is 25.9 Å². The normalized spacial score (nSPS) is 26.4. The van der Waals surface area contributed by atoms with Gasteiger partial charge in [-0.25, -0.2) is 0 Å². The van der Waals surface area contributed by atoms with Gasteiger partial charge in [-0.15, -0.1) is 4.31 Å². The number of rotatable bonds is 3. The molecule has 0 bridgehead atoms. The largest absolute Gasteiger partial charge is 0.598 e. The van der Waals surface area contributed by atoms with Gasteiger partial charge in [-0.2, -0.15) is 0 Å². The minimum Gasteiger partial charge on any atom is -0.598 e. The second-order valence-corrected chi connectivity index (χ2v) is 9.78. The Kier molecular flexibility index (Phi) is 4.69. The first-order chi connectivity index (χ1) is 12.4. The number of pyridine rings is 1. The quantitative estimate of drug-likeness (QED) is 0.778. The lowest BCUT2D eigenvalue weighted by molar-refractivity contribution is 0.200. The maximum absolute atomic E-state index is 12.4. The Morgan fingerprint density at radius 1 is 1.19 bits per heavy atom. The molecule has 1 aromatic heterocycles. The third-order valence-electron chi connectivity index (χ3n) is 5.66. The molecule has 1 fully saturated rings. The minimum atomic E-state index is -3.23. The number of benzene rings is 1. The molecule has 1 spiro atoms. The van der Waals surface area contributed by atoms with Crippen LogP contribution in [-0.2, 0) is 34.1 Å². The van der Waals surface area contributed by atoms with Crippen molar-refractivity contribution in [2.75, 3.05) is 25.9 Å². The summed E-state index contributed by atoms with van der Waals surface area (Å²) in [6.45, 7) is 3.87. The Hall–Kier alpha value is -1.60. The highest BCUT2D eigenvalue weighted by atomic mass is 32.3. The van der Waals surface area contributed by atoms with Gasteiger partial charge in [0, 0.05) is 30.9 Å². The molecule has 0 radical (unpaired) electrons. The molecule has 0 N–H and O–H groups in total. The van der Waals surface area contributed by atoms with Crippen LogP contribution in [0.4, 0.5) is 0 Å². The standard InChI is InChI=1S/C20H25N3O2S/c1-26(24,25)23-14-19-7-3-2-6-18(19)11-20(16-23)8-10-22(15-20)13-17-5-4-9-21-12-17/h2-7,9,12H,8,10-11,13-16H2,1H3. The first-order valence-corrected chi connectivity index (χ1v) is 10.9. The lowest BCUT2D eigenvalue weighted by Crippen LogP contribution is -2.43. The molecule has 4 rings (SSSR count). The van der Waals surface area contributed by atoms with E-state index in [4.69, 9.17) is 0 Å². The van der Waals surface area contributed by atoms with Crippen LogP contribution in [-0.4, -0.2) is 44.6 Å². The number of fused-ring (bicyclic) bond motifs is 1. The predicted octanol–water partition coefficient (Wildman–Crippen LogP) is 2.51. The van der Waals surface area contributed by atoms with E-state index in [1.165, 1.54) is 17.4 Å². The van der Waals surface area contributed by atoms with Crippen LogP contribution >= 0.6 is 0 Å². The van der Waals surface area contributed by atoms with Gasteiger partial charge in [-0.1, -0.05) is 34.5 Å². The minimum absolute atomic E-state index is 0.0160. The van der Waals surface area contributed by atoms with Gasteiger partial charge in [0.2, 0.25) is 0 Å². The van der Waals surface area contributed by atoms with Gasteiger partial charge in [0.1, 0.15) is 16.7 Å². The van der Waals surface area contributed by atoms with Gasteiger partial charge in [-0.3, -0.25) is 9.88 Å². The van der Waals surface area contributed by atoms with Crippen LogP contribution in [0, 0.1) is 5.41 Å². The average Bonchev–Trinajstić information content (AvgIpc) is 2.89. The molecule has 138 valence electrons. The number of likely N-dealkylation sites (tertiary alicyclic amines) is 1. The molecule has 2 aliphatic rings. The van der Waals surface area contributed by atoms with Crippen LogP contribution < -0.4 is 0 Å². The first kappa shape index (κ1) is 17.8. The molecule has 0 saturated carbocycles. The van der Waals surface area contributed by atoms with E-state index in [0.29, 0.717) is 13.1 Å². The monoisotopic (exact) mass is 371 g/mol. The fourth-order valence-corrected chi connectivity index (χ4v) is 5.27. The summed E-state index contributed by atoms with van der Waals surface area (Å²) in [6, 6.07) is 12.4. The molecule has 0 amide bonds. The average molecular weight is 372 g/mol. The summed E-state index contributed by atoms with van der Waals surface area (Å²) in [4.78, 5) is 6.64. The summed E-state index contributed by atoms with van der Waals surface area (Å²) in [5.74, 6) is 0. The molecule has 6 heteroatoms. The van der Waals surface area contributed by atoms with Crippen molar-refractivity contribution in [1.29, 1.82) is 0 Å². The highest BCUT2D eigenvalue weighted by molar-refractivity contribution is 7.94. The SMILES string of the molecule is C[S+](=O)([O-])N1Cc2ccccc2CC2(CCN(Cc3cccnc3)C2)C1. The van der Waals surface area contributed by atoms with E-state index in [0.717, 1.165) is 38.0 Å². The zero-order chi connectivity index (χ0) is 18.2. The molecular weight excluding hydrogens is 346 g/mol. The number of hydrogen-bond acceptors (Lipinski definition) is 4. The third kappa shape index (κ3) is 3.74. The molecule has 26 heavy (non-hydrogen) atoms. The number of nitrogens with zero attached hydrogens (tertiary/aromatic N) is 3. The van der Waals surface area contributed by atoms with Crippen LogP contribution in [0.3, 0.4) is 0 Å². The molecule has 1 aromatic carbocycles. The second-order valence-electron chi connectivity index (χ2n) is 7.80. The first-order valence-electron chi connectivity index (χ1n) is 9.07. The van der Waals surface area contributed by atoms with Gasteiger partial charge in [-0.05, 0) is 42.1 Å². The van der Waals surface area contributed by atoms with Gasteiger partial charge in [0.15, 0.2) is 0 Å². The number of sulfonamides is 1. The van der Waals surface area contributed by atoms with Crippen molar-refractivity contribution >= 4 is 10.4 Å². The highest BCUT2D eigenvalue weighted by Crippen LogP contribution is 2.40. The molecular formula is C20H25N3O2S. The topological polar surface area (TPSA) is 59.5 Å². The van der Waals surface area contributed by atoms with Crippen molar-refractivity contribution in [3.8, 4) is 0 Å². The van der Waals surface area contributed by atoms with Gasteiger partial charge in [0.25, 0.3) is 0 Å². The zero-order valence-corrected chi connectivity index (χ0v) is 16.0. The fourth-order valence-electron chi connectivity index (χ4n) is 4.38. The summed E-state index contributed by atoms with van der Waals surface area (Å²) >= 11 is 0. The van der Waals surface area contributed by atoms with E-state index < -0.39 is 10.4 Å². The van der Waals surface area contributed by atoms with Crippen molar-refractivity contribution in [3.05, 3.63) is 65.5 Å². The maximum Gasteiger partial charge on any atom is 0.122 e.